The molecule has 1 aromatic carbocycles. The highest BCUT2D eigenvalue weighted by Gasteiger charge is 2.17. The van der Waals surface area contributed by atoms with Crippen molar-refractivity contribution >= 4 is 5.91 Å². The van der Waals surface area contributed by atoms with Crippen LogP contribution in [0.1, 0.15) is 27.2 Å². The van der Waals surface area contributed by atoms with E-state index in [4.69, 9.17) is 10.5 Å². The van der Waals surface area contributed by atoms with Gasteiger partial charge in [-0.3, -0.25) is 9.78 Å². The van der Waals surface area contributed by atoms with Gasteiger partial charge in [-0.05, 0) is 30.2 Å². The van der Waals surface area contributed by atoms with E-state index in [1.165, 1.54) is 0 Å². The van der Waals surface area contributed by atoms with Crippen LogP contribution in [0.5, 0.6) is 5.75 Å². The maximum absolute atomic E-state index is 13.7. The highest BCUT2D eigenvalue weighted by Crippen LogP contribution is 2.21. The molecular weight excluding hydrogens is 259 g/mol. The molecule has 20 heavy (non-hydrogen) atoms. The number of carbonyl (C=O) groups excluding carboxylic acids is 1. The Kier molecular flexibility index (Phi) is 3.98. The van der Waals surface area contributed by atoms with Crippen LogP contribution in [0.2, 0.25) is 0 Å². The molecule has 5 heteroatoms. The van der Waals surface area contributed by atoms with Crippen molar-refractivity contribution in [1.82, 2.24) is 4.98 Å². The van der Waals surface area contributed by atoms with Gasteiger partial charge in [-0.25, -0.2) is 4.39 Å². The fourth-order valence-electron chi connectivity index (χ4n) is 2.05. The molecule has 0 aliphatic carbocycles. The van der Waals surface area contributed by atoms with Gasteiger partial charge in [0, 0.05) is 12.1 Å². The summed E-state index contributed by atoms with van der Waals surface area (Å²) in [4.78, 5) is 15.4. The van der Waals surface area contributed by atoms with Crippen molar-refractivity contribution in [2.45, 2.75) is 13.3 Å². The molecule has 1 amide bonds. The molecule has 2 aromatic rings. The SMILES string of the molecule is COc1ccc(Cc2c(C)ncc(F)c2C(N)=O)cc1. The van der Waals surface area contributed by atoms with Crippen molar-refractivity contribution in [1.29, 1.82) is 0 Å². The average molecular weight is 274 g/mol. The number of primary amides is 1. The number of nitrogens with two attached hydrogens (primary N) is 1. The number of ether oxygens (including phenoxy) is 1. The molecular formula is C15H15FN2O2. The zero-order chi connectivity index (χ0) is 14.7. The molecule has 0 fully saturated rings. The summed E-state index contributed by atoms with van der Waals surface area (Å²) in [5.74, 6) is -0.735. The van der Waals surface area contributed by atoms with E-state index in [0.29, 0.717) is 17.7 Å². The van der Waals surface area contributed by atoms with Crippen molar-refractivity contribution in [3.8, 4) is 5.75 Å². The number of methoxy groups -OCH3 is 1. The first kappa shape index (κ1) is 14.0. The Labute approximate surface area is 116 Å². The standard InChI is InChI=1S/C15H15FN2O2/c1-9-12(14(15(17)19)13(16)8-18-9)7-10-3-5-11(20-2)6-4-10/h3-6,8H,7H2,1-2H3,(H2,17,19). The summed E-state index contributed by atoms with van der Waals surface area (Å²) in [6.07, 6.45) is 1.41. The van der Waals surface area contributed by atoms with E-state index < -0.39 is 11.7 Å². The molecule has 104 valence electrons. The van der Waals surface area contributed by atoms with E-state index >= 15 is 0 Å². The van der Waals surface area contributed by atoms with E-state index in [9.17, 15) is 9.18 Å². The Morgan fingerprint density at radius 3 is 2.55 bits per heavy atom. The summed E-state index contributed by atoms with van der Waals surface area (Å²) in [5.41, 5.74) is 7.20. The summed E-state index contributed by atoms with van der Waals surface area (Å²) < 4.78 is 18.8. The second-order valence-electron chi connectivity index (χ2n) is 4.43. The number of aromatic nitrogens is 1. The zero-order valence-electron chi connectivity index (χ0n) is 11.3. The van der Waals surface area contributed by atoms with Crippen LogP contribution in [0.25, 0.3) is 0 Å². The number of pyridine rings is 1. The van der Waals surface area contributed by atoms with Gasteiger partial charge in [-0.2, -0.15) is 0 Å². The lowest BCUT2D eigenvalue weighted by Crippen LogP contribution is -2.18. The van der Waals surface area contributed by atoms with Crippen molar-refractivity contribution in [3.63, 3.8) is 0 Å². The van der Waals surface area contributed by atoms with Crippen molar-refractivity contribution < 1.29 is 13.9 Å². The van der Waals surface area contributed by atoms with Crippen LogP contribution in [0.3, 0.4) is 0 Å². The number of hydrogen-bond acceptors (Lipinski definition) is 3. The fraction of sp³-hybridized carbons (Fsp3) is 0.200. The lowest BCUT2D eigenvalue weighted by Gasteiger charge is -2.11. The highest BCUT2D eigenvalue weighted by molar-refractivity contribution is 5.94. The lowest BCUT2D eigenvalue weighted by atomic mass is 9.98. The van der Waals surface area contributed by atoms with Gasteiger partial charge < -0.3 is 10.5 Å². The van der Waals surface area contributed by atoms with Gasteiger partial charge in [0.1, 0.15) is 5.75 Å². The number of nitrogens with zero attached hydrogens (tertiary/aromatic N) is 1. The molecule has 2 N–H and O–H groups in total. The average Bonchev–Trinajstić information content (AvgIpc) is 2.43. The zero-order valence-corrected chi connectivity index (χ0v) is 11.3. The normalized spacial score (nSPS) is 10.3. The van der Waals surface area contributed by atoms with Crippen molar-refractivity contribution in [2.24, 2.45) is 5.73 Å². The lowest BCUT2D eigenvalue weighted by molar-refractivity contribution is 0.0995. The Bertz CT molecular complexity index is 639. The maximum atomic E-state index is 13.7. The van der Waals surface area contributed by atoms with Crippen LogP contribution < -0.4 is 10.5 Å². The molecule has 4 nitrogen and oxygen atoms in total. The van der Waals surface area contributed by atoms with E-state index in [1.807, 2.05) is 12.1 Å². The minimum Gasteiger partial charge on any atom is -0.497 e. The second-order valence-corrected chi connectivity index (χ2v) is 4.43. The van der Waals surface area contributed by atoms with Crippen LogP contribution >= 0.6 is 0 Å². The molecule has 0 unspecified atom stereocenters. The van der Waals surface area contributed by atoms with Gasteiger partial charge >= 0.3 is 0 Å². The Morgan fingerprint density at radius 1 is 1.35 bits per heavy atom. The molecule has 0 saturated heterocycles. The molecule has 0 saturated carbocycles. The number of benzene rings is 1. The van der Waals surface area contributed by atoms with Crippen molar-refractivity contribution in [2.75, 3.05) is 7.11 Å². The van der Waals surface area contributed by atoms with Crippen LogP contribution in [0.15, 0.2) is 30.5 Å². The number of amides is 1. The summed E-state index contributed by atoms with van der Waals surface area (Å²) >= 11 is 0. The topological polar surface area (TPSA) is 65.2 Å². The van der Waals surface area contributed by atoms with Crippen LogP contribution in [0.4, 0.5) is 4.39 Å². The first-order valence-corrected chi connectivity index (χ1v) is 6.09. The number of carbonyl (C=O) groups is 1. The van der Waals surface area contributed by atoms with Crippen LogP contribution in [0, 0.1) is 12.7 Å². The second kappa shape index (κ2) is 5.69. The van der Waals surface area contributed by atoms with Gasteiger partial charge in [0.2, 0.25) is 0 Å². The number of hydrogen-bond donors (Lipinski definition) is 1. The maximum Gasteiger partial charge on any atom is 0.252 e. The van der Waals surface area contributed by atoms with E-state index in [1.54, 1.807) is 26.2 Å². The smallest absolute Gasteiger partial charge is 0.252 e. The summed E-state index contributed by atoms with van der Waals surface area (Å²) in [6, 6.07) is 7.32. The van der Waals surface area contributed by atoms with Crippen LogP contribution in [-0.2, 0) is 6.42 Å². The first-order valence-electron chi connectivity index (χ1n) is 6.09. The summed E-state index contributed by atoms with van der Waals surface area (Å²) in [7, 11) is 1.58. The minimum absolute atomic E-state index is 0.0895. The predicted octanol–water partition coefficient (Wildman–Crippen LogP) is 2.23. The summed E-state index contributed by atoms with van der Waals surface area (Å²) in [5, 5.41) is 0. The number of rotatable bonds is 4. The molecule has 0 spiro atoms. The summed E-state index contributed by atoms with van der Waals surface area (Å²) in [6.45, 7) is 1.73. The highest BCUT2D eigenvalue weighted by atomic mass is 19.1. The van der Waals surface area contributed by atoms with Gasteiger partial charge in [0.25, 0.3) is 5.91 Å². The number of halogens is 1. The quantitative estimate of drug-likeness (QED) is 0.929. The molecule has 0 aliphatic heterocycles. The van der Waals surface area contributed by atoms with Gasteiger partial charge in [0.05, 0.1) is 18.9 Å². The first-order chi connectivity index (χ1) is 9.52. The Balaban J connectivity index is 2.41. The fourth-order valence-corrected chi connectivity index (χ4v) is 2.05. The Hall–Kier alpha value is -2.43. The van der Waals surface area contributed by atoms with Gasteiger partial charge in [0.15, 0.2) is 5.82 Å². The minimum atomic E-state index is -0.781. The van der Waals surface area contributed by atoms with Crippen LogP contribution in [-0.4, -0.2) is 18.0 Å². The van der Waals surface area contributed by atoms with Gasteiger partial charge in [-0.1, -0.05) is 12.1 Å². The Morgan fingerprint density at radius 2 is 2.00 bits per heavy atom. The molecule has 1 aromatic heterocycles. The largest absolute Gasteiger partial charge is 0.497 e. The molecule has 0 radical (unpaired) electrons. The number of aryl methyl sites for hydroxylation is 1. The van der Waals surface area contributed by atoms with E-state index in [0.717, 1.165) is 17.5 Å². The molecule has 1 heterocycles. The molecule has 2 rings (SSSR count). The monoisotopic (exact) mass is 274 g/mol. The third kappa shape index (κ3) is 2.77. The molecule has 0 bridgehead atoms. The predicted molar refractivity (Wildman–Crippen MR) is 73.2 cm³/mol. The van der Waals surface area contributed by atoms with Crippen molar-refractivity contribution in [3.05, 3.63) is 58.7 Å². The van der Waals surface area contributed by atoms with Gasteiger partial charge in [-0.15, -0.1) is 0 Å². The molecule has 0 atom stereocenters. The van der Waals surface area contributed by atoms with E-state index in [-0.39, 0.29) is 5.56 Å². The molecule has 0 aliphatic rings. The van der Waals surface area contributed by atoms with E-state index in [2.05, 4.69) is 4.98 Å². The third-order valence-corrected chi connectivity index (χ3v) is 3.14. The third-order valence-electron chi connectivity index (χ3n) is 3.14.